The molecule has 0 aliphatic heterocycles. The second-order valence-electron chi connectivity index (χ2n) is 12.6. The van der Waals surface area contributed by atoms with E-state index in [0.29, 0.717) is 0 Å². The molecule has 0 saturated heterocycles. The highest BCUT2D eigenvalue weighted by atomic mass is 32.1. The van der Waals surface area contributed by atoms with E-state index in [0.717, 1.165) is 21.8 Å². The van der Waals surface area contributed by atoms with E-state index in [4.69, 9.17) is 9.97 Å². The summed E-state index contributed by atoms with van der Waals surface area (Å²) in [6, 6.07) is 57.3. The monoisotopic (exact) mass is 640 g/mol. The molecule has 49 heavy (non-hydrogen) atoms. The van der Waals surface area contributed by atoms with Crippen LogP contribution in [0.4, 0.5) is 0 Å². The average molecular weight is 641 g/mol. The van der Waals surface area contributed by atoms with E-state index < -0.39 is 0 Å². The first-order chi connectivity index (χ1) is 24.3. The molecule has 0 aliphatic carbocycles. The van der Waals surface area contributed by atoms with Gasteiger partial charge in [-0.2, -0.15) is 0 Å². The van der Waals surface area contributed by atoms with E-state index >= 15 is 0 Å². The Morgan fingerprint density at radius 1 is 0.327 bits per heavy atom. The first-order valence-electron chi connectivity index (χ1n) is 16.6. The average Bonchev–Trinajstić information content (AvgIpc) is 3.57. The molecule has 0 fully saturated rings. The van der Waals surface area contributed by atoms with Crippen LogP contribution >= 0.6 is 11.3 Å². The fraction of sp³-hybridized carbons (Fsp3) is 0. The molecule has 3 heteroatoms. The van der Waals surface area contributed by atoms with Crippen molar-refractivity contribution in [2.24, 2.45) is 0 Å². The van der Waals surface area contributed by atoms with E-state index in [2.05, 4.69) is 158 Å². The van der Waals surface area contributed by atoms with Crippen LogP contribution in [-0.2, 0) is 0 Å². The van der Waals surface area contributed by atoms with Crippen LogP contribution < -0.4 is 0 Å². The summed E-state index contributed by atoms with van der Waals surface area (Å²) in [6.07, 6.45) is 3.56. The Bertz CT molecular complexity index is 2810. The van der Waals surface area contributed by atoms with Crippen molar-refractivity contribution in [1.29, 1.82) is 0 Å². The van der Waals surface area contributed by atoms with Crippen molar-refractivity contribution in [3.05, 3.63) is 170 Å². The standard InChI is InChI=1S/C46H28N2S/c1-2-8-40-37(6-1)38-25-24-35(28-42(38)45-44(40)47-26-27-48-45)33-18-16-31(17-19-33)29-12-14-30(15-13-29)32-20-22-34(23-21-32)36-9-5-10-41-39-7-3-4-11-43(39)49-46(36)41/h1-28H. The van der Waals surface area contributed by atoms with Gasteiger partial charge in [0.05, 0.1) is 11.0 Å². The summed E-state index contributed by atoms with van der Waals surface area (Å²) >= 11 is 1.88. The summed E-state index contributed by atoms with van der Waals surface area (Å²) in [5.74, 6) is 0. The zero-order valence-corrected chi connectivity index (χ0v) is 27.3. The third-order valence-electron chi connectivity index (χ3n) is 9.82. The molecule has 0 spiro atoms. The minimum atomic E-state index is 0.943. The Morgan fingerprint density at radius 2 is 0.796 bits per heavy atom. The lowest BCUT2D eigenvalue weighted by molar-refractivity contribution is 1.31. The van der Waals surface area contributed by atoms with Crippen LogP contribution in [0.3, 0.4) is 0 Å². The highest BCUT2D eigenvalue weighted by Gasteiger charge is 2.13. The molecule has 0 bridgehead atoms. The van der Waals surface area contributed by atoms with Gasteiger partial charge in [0.2, 0.25) is 0 Å². The number of hydrogen-bond donors (Lipinski definition) is 0. The zero-order valence-electron chi connectivity index (χ0n) is 26.5. The van der Waals surface area contributed by atoms with Crippen LogP contribution in [0.1, 0.15) is 0 Å². The summed E-state index contributed by atoms with van der Waals surface area (Å²) in [5.41, 5.74) is 11.6. The van der Waals surface area contributed by atoms with Crippen LogP contribution in [0.15, 0.2) is 170 Å². The van der Waals surface area contributed by atoms with Gasteiger partial charge in [-0.15, -0.1) is 11.3 Å². The van der Waals surface area contributed by atoms with Gasteiger partial charge in [0, 0.05) is 43.3 Å². The number of rotatable bonds is 4. The predicted molar refractivity (Wildman–Crippen MR) is 209 cm³/mol. The number of nitrogens with zero attached hydrogens (tertiary/aromatic N) is 2. The van der Waals surface area contributed by atoms with Crippen LogP contribution in [0, 0.1) is 0 Å². The molecule has 0 unspecified atom stereocenters. The molecule has 0 aliphatic rings. The summed E-state index contributed by atoms with van der Waals surface area (Å²) < 4.78 is 2.69. The molecule has 228 valence electrons. The van der Waals surface area contributed by atoms with Crippen LogP contribution in [-0.4, -0.2) is 9.97 Å². The lowest BCUT2D eigenvalue weighted by Crippen LogP contribution is -1.89. The molecule has 2 aromatic heterocycles. The molecule has 0 N–H and O–H groups in total. The van der Waals surface area contributed by atoms with E-state index in [1.807, 2.05) is 11.3 Å². The Balaban J connectivity index is 0.927. The van der Waals surface area contributed by atoms with Gasteiger partial charge in [-0.3, -0.25) is 9.97 Å². The van der Waals surface area contributed by atoms with Crippen LogP contribution in [0.2, 0.25) is 0 Å². The lowest BCUT2D eigenvalue weighted by Gasteiger charge is -2.11. The maximum Gasteiger partial charge on any atom is 0.0971 e. The molecule has 0 amide bonds. The van der Waals surface area contributed by atoms with Crippen LogP contribution in [0.5, 0.6) is 0 Å². The molecule has 10 aromatic rings. The molecular formula is C46H28N2S. The van der Waals surface area contributed by atoms with Crippen molar-refractivity contribution in [1.82, 2.24) is 9.97 Å². The SMILES string of the molecule is c1ccc2c(c1)sc1c(-c3ccc(-c4ccc(-c5ccc(-c6ccc7c8ccccc8c8nccnc8c7c6)cc5)cc4)cc3)cccc12. The molecular weight excluding hydrogens is 613 g/mol. The third-order valence-corrected chi connectivity index (χ3v) is 11.0. The molecule has 2 heterocycles. The Morgan fingerprint density at radius 3 is 1.45 bits per heavy atom. The summed E-state index contributed by atoms with van der Waals surface area (Å²) in [4.78, 5) is 9.45. The Hall–Kier alpha value is -6.16. The number of benzene rings is 8. The van der Waals surface area contributed by atoms with Crippen molar-refractivity contribution in [2.45, 2.75) is 0 Å². The summed E-state index contributed by atoms with van der Waals surface area (Å²) in [7, 11) is 0. The second-order valence-corrected chi connectivity index (χ2v) is 13.6. The third kappa shape index (κ3) is 4.62. The first kappa shape index (κ1) is 27.9. The Labute approximate surface area is 287 Å². The fourth-order valence-corrected chi connectivity index (χ4v) is 8.58. The molecule has 8 aromatic carbocycles. The van der Waals surface area contributed by atoms with Gasteiger partial charge in [0.25, 0.3) is 0 Å². The number of thiophene rings is 1. The minimum absolute atomic E-state index is 0.943. The normalized spacial score (nSPS) is 11.7. The van der Waals surface area contributed by atoms with Gasteiger partial charge in [-0.1, -0.05) is 146 Å². The lowest BCUT2D eigenvalue weighted by atomic mass is 9.94. The molecule has 2 nitrogen and oxygen atoms in total. The maximum absolute atomic E-state index is 4.75. The zero-order chi connectivity index (χ0) is 32.3. The van der Waals surface area contributed by atoms with Gasteiger partial charge in [0.1, 0.15) is 0 Å². The van der Waals surface area contributed by atoms with Gasteiger partial charge in [-0.05, 0) is 67.4 Å². The van der Waals surface area contributed by atoms with E-state index in [1.165, 1.54) is 75.5 Å². The molecule has 10 rings (SSSR count). The minimum Gasteiger partial charge on any atom is -0.252 e. The van der Waals surface area contributed by atoms with Gasteiger partial charge >= 0.3 is 0 Å². The highest BCUT2D eigenvalue weighted by Crippen LogP contribution is 2.40. The van der Waals surface area contributed by atoms with Gasteiger partial charge < -0.3 is 0 Å². The van der Waals surface area contributed by atoms with Crippen molar-refractivity contribution in [3.8, 4) is 44.5 Å². The molecule has 0 radical (unpaired) electrons. The van der Waals surface area contributed by atoms with E-state index in [-0.39, 0.29) is 0 Å². The quantitative estimate of drug-likeness (QED) is 0.179. The van der Waals surface area contributed by atoms with Gasteiger partial charge in [0.15, 0.2) is 0 Å². The largest absolute Gasteiger partial charge is 0.252 e. The van der Waals surface area contributed by atoms with Crippen molar-refractivity contribution < 1.29 is 0 Å². The number of aromatic nitrogens is 2. The Kier molecular flexibility index (Phi) is 6.39. The van der Waals surface area contributed by atoms with Crippen molar-refractivity contribution >= 4 is 64.1 Å². The molecule has 0 saturated carbocycles. The fourth-order valence-electron chi connectivity index (χ4n) is 7.34. The van der Waals surface area contributed by atoms with Crippen LogP contribution in [0.25, 0.3) is 97.3 Å². The summed E-state index contributed by atoms with van der Waals surface area (Å²) in [6.45, 7) is 0. The van der Waals surface area contributed by atoms with E-state index in [1.54, 1.807) is 12.4 Å². The topological polar surface area (TPSA) is 25.8 Å². The first-order valence-corrected chi connectivity index (χ1v) is 17.4. The molecule has 0 atom stereocenters. The van der Waals surface area contributed by atoms with Gasteiger partial charge in [-0.25, -0.2) is 0 Å². The van der Waals surface area contributed by atoms with Crippen molar-refractivity contribution in [3.63, 3.8) is 0 Å². The van der Waals surface area contributed by atoms with E-state index in [9.17, 15) is 0 Å². The predicted octanol–water partition coefficient (Wildman–Crippen LogP) is 13.0. The second kappa shape index (κ2) is 11.2. The number of hydrogen-bond acceptors (Lipinski definition) is 3. The maximum atomic E-state index is 4.75. The van der Waals surface area contributed by atoms with Crippen molar-refractivity contribution in [2.75, 3.05) is 0 Å². The number of fused-ring (bicyclic) bond motifs is 9. The highest BCUT2D eigenvalue weighted by molar-refractivity contribution is 7.26. The summed E-state index contributed by atoms with van der Waals surface area (Å²) in [5, 5.41) is 7.34. The smallest absolute Gasteiger partial charge is 0.0971 e.